The van der Waals surface area contributed by atoms with Gasteiger partial charge in [0.05, 0.1) is 5.69 Å². The molecule has 2 heterocycles. The normalized spacial score (nSPS) is 17.0. The van der Waals surface area contributed by atoms with Crippen molar-refractivity contribution < 1.29 is 0 Å². The number of fused-ring (bicyclic) bond motifs is 1. The lowest BCUT2D eigenvalue weighted by Crippen LogP contribution is -2.27. The molecule has 0 saturated heterocycles. The maximum atomic E-state index is 4.92. The van der Waals surface area contributed by atoms with E-state index >= 15 is 0 Å². The number of rotatable bonds is 5. The summed E-state index contributed by atoms with van der Waals surface area (Å²) in [6, 6.07) is 0.571. The molecular formula is C16H29N3. The molecule has 0 spiro atoms. The molecule has 0 aliphatic carbocycles. The van der Waals surface area contributed by atoms with Crippen LogP contribution in [0.3, 0.4) is 0 Å². The summed E-state index contributed by atoms with van der Waals surface area (Å²) < 4.78 is 2.57. The van der Waals surface area contributed by atoms with E-state index < -0.39 is 0 Å². The molecule has 1 unspecified atom stereocenters. The highest BCUT2D eigenvalue weighted by Crippen LogP contribution is 2.32. The zero-order valence-electron chi connectivity index (χ0n) is 13.2. The molecule has 0 aromatic carbocycles. The first-order valence-electron chi connectivity index (χ1n) is 7.90. The molecule has 0 fully saturated rings. The average Bonchev–Trinajstić information content (AvgIpc) is 2.79. The minimum absolute atomic E-state index is 0.502. The molecule has 108 valence electrons. The second-order valence-corrected chi connectivity index (χ2v) is 6.13. The smallest absolute Gasteiger partial charge is 0.112 e. The van der Waals surface area contributed by atoms with Gasteiger partial charge in [0.15, 0.2) is 0 Å². The largest absolute Gasteiger partial charge is 0.328 e. The fraction of sp³-hybridized carbons (Fsp3) is 0.812. The van der Waals surface area contributed by atoms with Gasteiger partial charge in [0.1, 0.15) is 5.82 Å². The molecule has 0 amide bonds. The first-order chi connectivity index (χ1) is 9.10. The predicted octanol–water partition coefficient (Wildman–Crippen LogP) is 3.65. The molecule has 1 aromatic heterocycles. The number of aromatic nitrogens is 2. The van der Waals surface area contributed by atoms with Crippen LogP contribution in [0.1, 0.15) is 76.6 Å². The van der Waals surface area contributed by atoms with Crippen LogP contribution < -0.4 is 5.32 Å². The van der Waals surface area contributed by atoms with Crippen LogP contribution >= 0.6 is 0 Å². The van der Waals surface area contributed by atoms with Crippen molar-refractivity contribution in [3.8, 4) is 0 Å². The summed E-state index contributed by atoms with van der Waals surface area (Å²) in [6.07, 6.45) is 3.63. The molecule has 1 aliphatic heterocycles. The lowest BCUT2D eigenvalue weighted by molar-refractivity contribution is 0.316. The van der Waals surface area contributed by atoms with Gasteiger partial charge in [0.25, 0.3) is 0 Å². The zero-order chi connectivity index (χ0) is 14.0. The van der Waals surface area contributed by atoms with Crippen LogP contribution in [0.15, 0.2) is 0 Å². The third kappa shape index (κ3) is 2.71. The molecule has 1 aromatic rings. The minimum atomic E-state index is 0.502. The van der Waals surface area contributed by atoms with Gasteiger partial charge in [0, 0.05) is 37.2 Å². The van der Waals surface area contributed by atoms with E-state index in [9.17, 15) is 0 Å². The lowest BCUT2D eigenvalue weighted by atomic mass is 9.94. The van der Waals surface area contributed by atoms with E-state index in [1.165, 1.54) is 30.1 Å². The number of nitrogens with zero attached hydrogens (tertiary/aromatic N) is 2. The Labute approximate surface area is 117 Å². The Morgan fingerprint density at radius 3 is 2.47 bits per heavy atom. The van der Waals surface area contributed by atoms with Crippen molar-refractivity contribution >= 4 is 0 Å². The summed E-state index contributed by atoms with van der Waals surface area (Å²) in [5.41, 5.74) is 2.77. The van der Waals surface area contributed by atoms with Crippen LogP contribution in [0, 0.1) is 5.92 Å². The SMILES string of the molecule is CCC(CC)C(C)n1c(C(C)C)nc2c1CCNC2. The predicted molar refractivity (Wildman–Crippen MR) is 80.5 cm³/mol. The van der Waals surface area contributed by atoms with Crippen molar-refractivity contribution in [1.82, 2.24) is 14.9 Å². The number of imidazole rings is 1. The Bertz CT molecular complexity index is 416. The fourth-order valence-electron chi connectivity index (χ4n) is 3.40. The van der Waals surface area contributed by atoms with Crippen LogP contribution in [0.25, 0.3) is 0 Å². The molecule has 1 atom stereocenters. The van der Waals surface area contributed by atoms with E-state index in [-0.39, 0.29) is 0 Å². The summed E-state index contributed by atoms with van der Waals surface area (Å²) >= 11 is 0. The third-order valence-electron chi connectivity index (χ3n) is 4.61. The van der Waals surface area contributed by atoms with E-state index in [0.717, 1.165) is 25.4 Å². The number of nitrogens with one attached hydrogen (secondary N) is 1. The van der Waals surface area contributed by atoms with Gasteiger partial charge in [-0.25, -0.2) is 4.98 Å². The Morgan fingerprint density at radius 1 is 1.21 bits per heavy atom. The van der Waals surface area contributed by atoms with Crippen molar-refractivity contribution in [3.05, 3.63) is 17.2 Å². The highest BCUT2D eigenvalue weighted by molar-refractivity contribution is 5.22. The summed E-state index contributed by atoms with van der Waals surface area (Å²) in [7, 11) is 0. The van der Waals surface area contributed by atoms with Crippen molar-refractivity contribution in [3.63, 3.8) is 0 Å². The van der Waals surface area contributed by atoms with Gasteiger partial charge >= 0.3 is 0 Å². The van der Waals surface area contributed by atoms with Gasteiger partial charge in [-0.15, -0.1) is 0 Å². The van der Waals surface area contributed by atoms with E-state index in [1.807, 2.05) is 0 Å². The number of hydrogen-bond donors (Lipinski definition) is 1. The van der Waals surface area contributed by atoms with Gasteiger partial charge < -0.3 is 9.88 Å². The van der Waals surface area contributed by atoms with E-state index in [1.54, 1.807) is 0 Å². The Morgan fingerprint density at radius 2 is 1.89 bits per heavy atom. The number of hydrogen-bond acceptors (Lipinski definition) is 2. The molecule has 3 heteroatoms. The summed E-state index contributed by atoms with van der Waals surface area (Å²) in [6.45, 7) is 13.6. The van der Waals surface area contributed by atoms with Crippen molar-refractivity contribution in [2.75, 3.05) is 6.54 Å². The summed E-state index contributed by atoms with van der Waals surface area (Å²) in [5, 5.41) is 3.44. The monoisotopic (exact) mass is 263 g/mol. The first-order valence-corrected chi connectivity index (χ1v) is 7.90. The topological polar surface area (TPSA) is 29.9 Å². The van der Waals surface area contributed by atoms with Crippen molar-refractivity contribution in [2.24, 2.45) is 5.92 Å². The Kier molecular flexibility index (Phi) is 4.67. The second-order valence-electron chi connectivity index (χ2n) is 6.13. The maximum Gasteiger partial charge on any atom is 0.112 e. The third-order valence-corrected chi connectivity index (χ3v) is 4.61. The van der Waals surface area contributed by atoms with Crippen molar-refractivity contribution in [2.45, 2.75) is 72.4 Å². The zero-order valence-corrected chi connectivity index (χ0v) is 13.2. The highest BCUT2D eigenvalue weighted by Gasteiger charge is 2.26. The molecule has 19 heavy (non-hydrogen) atoms. The van der Waals surface area contributed by atoms with E-state index in [0.29, 0.717) is 12.0 Å². The van der Waals surface area contributed by atoms with Gasteiger partial charge in [-0.1, -0.05) is 40.5 Å². The van der Waals surface area contributed by atoms with E-state index in [2.05, 4.69) is 44.5 Å². The average molecular weight is 263 g/mol. The van der Waals surface area contributed by atoms with Gasteiger partial charge in [-0.3, -0.25) is 0 Å². The highest BCUT2D eigenvalue weighted by atomic mass is 15.1. The lowest BCUT2D eigenvalue weighted by Gasteiger charge is -2.28. The van der Waals surface area contributed by atoms with Crippen LogP contribution in [0.4, 0.5) is 0 Å². The molecule has 0 radical (unpaired) electrons. The van der Waals surface area contributed by atoms with Gasteiger partial charge in [0.2, 0.25) is 0 Å². The molecular weight excluding hydrogens is 234 g/mol. The molecule has 0 bridgehead atoms. The quantitative estimate of drug-likeness (QED) is 0.879. The second kappa shape index (κ2) is 6.08. The maximum absolute atomic E-state index is 4.92. The molecule has 2 rings (SSSR count). The molecule has 0 saturated carbocycles. The van der Waals surface area contributed by atoms with Crippen LogP contribution in [0.5, 0.6) is 0 Å². The minimum Gasteiger partial charge on any atom is -0.328 e. The Hall–Kier alpha value is -0.830. The van der Waals surface area contributed by atoms with E-state index in [4.69, 9.17) is 4.98 Å². The first kappa shape index (κ1) is 14.6. The molecule has 3 nitrogen and oxygen atoms in total. The standard InChI is InChI=1S/C16H29N3/c1-6-13(7-2)12(5)19-15-8-9-17-10-14(15)18-16(19)11(3)4/h11-13,17H,6-10H2,1-5H3. The Balaban J connectivity index is 2.44. The molecule has 1 aliphatic rings. The van der Waals surface area contributed by atoms with Crippen LogP contribution in [-0.2, 0) is 13.0 Å². The van der Waals surface area contributed by atoms with Crippen molar-refractivity contribution in [1.29, 1.82) is 0 Å². The van der Waals surface area contributed by atoms with Crippen LogP contribution in [-0.4, -0.2) is 16.1 Å². The summed E-state index contributed by atoms with van der Waals surface area (Å²) in [5.74, 6) is 2.54. The summed E-state index contributed by atoms with van der Waals surface area (Å²) in [4.78, 5) is 4.92. The molecule has 1 N–H and O–H groups in total. The fourth-order valence-corrected chi connectivity index (χ4v) is 3.40. The van der Waals surface area contributed by atoms with Crippen LogP contribution in [0.2, 0.25) is 0 Å². The van der Waals surface area contributed by atoms with Gasteiger partial charge in [-0.05, 0) is 12.8 Å². The van der Waals surface area contributed by atoms with Gasteiger partial charge in [-0.2, -0.15) is 0 Å².